The lowest BCUT2D eigenvalue weighted by atomic mass is 9.97. The van der Waals surface area contributed by atoms with Gasteiger partial charge in [0.1, 0.15) is 0 Å². The maximum absolute atomic E-state index is 4.76. The number of hydrogen-bond donors (Lipinski definition) is 0. The lowest BCUT2D eigenvalue weighted by molar-refractivity contribution is 0.323. The number of hydrogen-bond acceptors (Lipinski definition) is 5. The molecule has 0 saturated carbocycles. The molecule has 1 aromatic carbocycles. The topological polar surface area (TPSA) is 44.6 Å². The maximum atomic E-state index is 4.76. The quantitative estimate of drug-likeness (QED) is 0.459. The van der Waals surface area contributed by atoms with E-state index >= 15 is 0 Å². The average Bonchev–Trinajstić information content (AvgIpc) is 2.79. The maximum Gasteiger partial charge on any atom is 0.151 e. The van der Waals surface area contributed by atoms with E-state index in [2.05, 4.69) is 83.5 Å². The molecule has 0 N–H and O–H groups in total. The Balaban J connectivity index is 1.40. The number of aliphatic imine (C=N–C) groups is 1. The number of benzene rings is 1. The van der Waals surface area contributed by atoms with Crippen LogP contribution in [-0.4, -0.2) is 46.8 Å². The van der Waals surface area contributed by atoms with Crippen molar-refractivity contribution in [1.29, 1.82) is 0 Å². The van der Waals surface area contributed by atoms with E-state index in [1.165, 1.54) is 22.3 Å². The molecular weight excluding hydrogens is 406 g/mol. The van der Waals surface area contributed by atoms with Crippen molar-refractivity contribution >= 4 is 17.2 Å². The minimum atomic E-state index is 0.762. The van der Waals surface area contributed by atoms with Gasteiger partial charge in [0.05, 0.1) is 11.9 Å². The lowest BCUT2D eigenvalue weighted by Crippen LogP contribution is -2.45. The predicted molar refractivity (Wildman–Crippen MR) is 138 cm³/mol. The highest BCUT2D eigenvalue weighted by Gasteiger charge is 2.16. The molecule has 3 heterocycles. The van der Waals surface area contributed by atoms with Crippen LogP contribution in [0, 0.1) is 13.8 Å². The van der Waals surface area contributed by atoms with Crippen molar-refractivity contribution < 1.29 is 0 Å². The molecule has 0 spiro atoms. The van der Waals surface area contributed by atoms with E-state index in [9.17, 15) is 0 Å². The Bertz CT molecular complexity index is 1160. The van der Waals surface area contributed by atoms with E-state index in [4.69, 9.17) is 4.99 Å². The van der Waals surface area contributed by atoms with Crippen molar-refractivity contribution in [2.45, 2.75) is 34.1 Å². The van der Waals surface area contributed by atoms with Gasteiger partial charge in [-0.05, 0) is 74.2 Å². The number of nitrogens with zero attached hydrogens (tertiary/aromatic N) is 5. The van der Waals surface area contributed by atoms with Crippen LogP contribution in [0.3, 0.4) is 0 Å². The highest BCUT2D eigenvalue weighted by Crippen LogP contribution is 2.25. The molecule has 4 rings (SSSR count). The standard InChI is InChI=1S/C28H33N5/c1-20(2)32-12-14-33(15-13-32)26-7-9-28(30-19-26)31-23(5)17-24-6-8-27(21(3)16-24)25-10-11-29-22(4)18-25/h6-11,16,18-19H,1,12-15,17H2,2-5H3. The molecule has 0 bridgehead atoms. The van der Waals surface area contributed by atoms with Gasteiger partial charge in [-0.2, -0.15) is 0 Å². The summed E-state index contributed by atoms with van der Waals surface area (Å²) in [7, 11) is 0. The zero-order valence-electron chi connectivity index (χ0n) is 20.2. The Morgan fingerprint density at radius 1 is 0.970 bits per heavy atom. The molecule has 170 valence electrons. The Morgan fingerprint density at radius 2 is 1.76 bits per heavy atom. The number of pyridine rings is 2. The van der Waals surface area contributed by atoms with Gasteiger partial charge in [0.15, 0.2) is 5.82 Å². The molecule has 33 heavy (non-hydrogen) atoms. The average molecular weight is 440 g/mol. The fourth-order valence-corrected chi connectivity index (χ4v) is 4.38. The monoisotopic (exact) mass is 439 g/mol. The summed E-state index contributed by atoms with van der Waals surface area (Å²) in [6.45, 7) is 16.4. The van der Waals surface area contributed by atoms with Crippen LogP contribution >= 0.6 is 0 Å². The van der Waals surface area contributed by atoms with Crippen LogP contribution in [-0.2, 0) is 6.42 Å². The van der Waals surface area contributed by atoms with Crippen LogP contribution in [0.15, 0.2) is 72.1 Å². The molecule has 5 heteroatoms. The van der Waals surface area contributed by atoms with E-state index < -0.39 is 0 Å². The zero-order valence-corrected chi connectivity index (χ0v) is 20.2. The Labute approximate surface area is 197 Å². The molecule has 0 amide bonds. The second kappa shape index (κ2) is 9.99. The lowest BCUT2D eigenvalue weighted by Gasteiger charge is -2.37. The second-order valence-electron chi connectivity index (χ2n) is 8.94. The summed E-state index contributed by atoms with van der Waals surface area (Å²) in [6.07, 6.45) is 4.62. The van der Waals surface area contributed by atoms with Crippen LogP contribution < -0.4 is 4.90 Å². The molecule has 3 aromatic rings. The Hall–Kier alpha value is -3.47. The van der Waals surface area contributed by atoms with Crippen molar-refractivity contribution in [2.75, 3.05) is 31.1 Å². The van der Waals surface area contributed by atoms with Gasteiger partial charge in [-0.3, -0.25) is 4.98 Å². The zero-order chi connectivity index (χ0) is 23.4. The largest absolute Gasteiger partial charge is 0.372 e. The molecule has 2 aromatic heterocycles. The number of allylic oxidation sites excluding steroid dienone is 1. The third-order valence-corrected chi connectivity index (χ3v) is 6.18. The van der Waals surface area contributed by atoms with Gasteiger partial charge >= 0.3 is 0 Å². The molecule has 1 saturated heterocycles. The number of anilines is 1. The second-order valence-corrected chi connectivity index (χ2v) is 8.94. The van der Waals surface area contributed by atoms with Crippen molar-refractivity contribution in [1.82, 2.24) is 14.9 Å². The molecule has 0 atom stereocenters. The first-order valence-electron chi connectivity index (χ1n) is 11.6. The van der Waals surface area contributed by atoms with Crippen LogP contribution in [0.4, 0.5) is 11.5 Å². The third-order valence-electron chi connectivity index (χ3n) is 6.18. The smallest absolute Gasteiger partial charge is 0.151 e. The number of aromatic nitrogens is 2. The molecule has 0 radical (unpaired) electrons. The van der Waals surface area contributed by atoms with E-state index in [0.717, 1.165) is 61.2 Å². The fourth-order valence-electron chi connectivity index (χ4n) is 4.38. The summed E-state index contributed by atoms with van der Waals surface area (Å²) in [5.41, 5.74) is 9.37. The van der Waals surface area contributed by atoms with E-state index in [0.29, 0.717) is 0 Å². The summed E-state index contributed by atoms with van der Waals surface area (Å²) < 4.78 is 0. The van der Waals surface area contributed by atoms with Crippen molar-refractivity contribution in [3.05, 3.63) is 84.0 Å². The van der Waals surface area contributed by atoms with Gasteiger partial charge < -0.3 is 9.80 Å². The molecule has 1 aliphatic heterocycles. The molecule has 0 unspecified atom stereocenters. The molecule has 1 aliphatic rings. The van der Waals surface area contributed by atoms with Crippen LogP contribution in [0.1, 0.15) is 30.7 Å². The third kappa shape index (κ3) is 5.67. The van der Waals surface area contributed by atoms with Gasteiger partial charge in [-0.1, -0.05) is 24.8 Å². The Morgan fingerprint density at radius 3 is 2.39 bits per heavy atom. The van der Waals surface area contributed by atoms with Crippen molar-refractivity contribution in [3.8, 4) is 11.1 Å². The van der Waals surface area contributed by atoms with E-state index in [1.54, 1.807) is 0 Å². The van der Waals surface area contributed by atoms with Crippen LogP contribution in [0.2, 0.25) is 0 Å². The molecular formula is C28H33N5. The molecule has 1 fully saturated rings. The summed E-state index contributed by atoms with van der Waals surface area (Å²) in [5.74, 6) is 0.762. The Kier molecular flexibility index (Phi) is 6.87. The number of piperazine rings is 1. The number of aryl methyl sites for hydroxylation is 2. The highest BCUT2D eigenvalue weighted by molar-refractivity contribution is 5.86. The van der Waals surface area contributed by atoms with Crippen LogP contribution in [0.5, 0.6) is 0 Å². The summed E-state index contributed by atoms with van der Waals surface area (Å²) in [5, 5.41) is 0. The first kappa shape index (κ1) is 22.7. The van der Waals surface area contributed by atoms with Gasteiger partial charge in [0, 0.05) is 55.9 Å². The molecule has 5 nitrogen and oxygen atoms in total. The summed E-state index contributed by atoms with van der Waals surface area (Å²) in [4.78, 5) is 18.4. The normalized spacial score (nSPS) is 14.5. The summed E-state index contributed by atoms with van der Waals surface area (Å²) in [6, 6.07) is 15.0. The first-order valence-corrected chi connectivity index (χ1v) is 11.6. The minimum Gasteiger partial charge on any atom is -0.372 e. The van der Waals surface area contributed by atoms with E-state index in [-0.39, 0.29) is 0 Å². The highest BCUT2D eigenvalue weighted by atomic mass is 15.3. The van der Waals surface area contributed by atoms with Gasteiger partial charge in [0.2, 0.25) is 0 Å². The van der Waals surface area contributed by atoms with Gasteiger partial charge in [-0.25, -0.2) is 9.98 Å². The fraction of sp³-hybridized carbons (Fsp3) is 0.321. The van der Waals surface area contributed by atoms with Gasteiger partial charge in [0.25, 0.3) is 0 Å². The van der Waals surface area contributed by atoms with E-state index in [1.807, 2.05) is 25.4 Å². The minimum absolute atomic E-state index is 0.762. The first-order chi connectivity index (χ1) is 15.9. The van der Waals surface area contributed by atoms with Crippen molar-refractivity contribution in [2.24, 2.45) is 4.99 Å². The summed E-state index contributed by atoms with van der Waals surface area (Å²) >= 11 is 0. The van der Waals surface area contributed by atoms with Crippen molar-refractivity contribution in [3.63, 3.8) is 0 Å². The molecule has 0 aliphatic carbocycles. The SMILES string of the molecule is C=C(C)N1CCN(c2ccc(N=C(C)Cc3ccc(-c4ccnc(C)c4)c(C)c3)nc2)CC1. The number of rotatable bonds is 6. The van der Waals surface area contributed by atoms with Crippen LogP contribution in [0.25, 0.3) is 11.1 Å². The predicted octanol–water partition coefficient (Wildman–Crippen LogP) is 5.75. The van der Waals surface area contributed by atoms with Gasteiger partial charge in [-0.15, -0.1) is 0 Å².